The number of halogens is 1. The van der Waals surface area contributed by atoms with E-state index in [4.69, 9.17) is 11.6 Å². The fraction of sp³-hybridized carbons (Fsp3) is 0.308. The number of carbonyl (C=O) groups excluding carboxylic acids is 1. The van der Waals surface area contributed by atoms with Crippen molar-refractivity contribution < 1.29 is 4.79 Å². The third-order valence-corrected chi connectivity index (χ3v) is 3.87. The number of nitrogens with zero attached hydrogens (tertiary/aromatic N) is 3. The van der Waals surface area contributed by atoms with Gasteiger partial charge in [-0.05, 0) is 31.2 Å². The summed E-state index contributed by atoms with van der Waals surface area (Å²) in [6.45, 7) is 2.24. The summed E-state index contributed by atoms with van der Waals surface area (Å²) in [4.78, 5) is 18.8. The molecule has 0 radical (unpaired) electrons. The van der Waals surface area contributed by atoms with Gasteiger partial charge in [0.2, 0.25) is 5.91 Å². The van der Waals surface area contributed by atoms with Crippen molar-refractivity contribution in [3.63, 3.8) is 0 Å². The molecule has 0 unspecified atom stereocenters. The van der Waals surface area contributed by atoms with Crippen LogP contribution in [-0.4, -0.2) is 38.8 Å². The lowest BCUT2D eigenvalue weighted by Crippen LogP contribution is -2.28. The van der Waals surface area contributed by atoms with Gasteiger partial charge in [0.1, 0.15) is 5.82 Å². The molecule has 1 N–H and O–H groups in total. The minimum atomic E-state index is 0.0346. The molecule has 1 heterocycles. The number of hydrogen-bond acceptors (Lipinski definition) is 4. The molecule has 2 rings (SSSR count). The summed E-state index contributed by atoms with van der Waals surface area (Å²) >= 11 is 7.30. The topological polar surface area (TPSA) is 61.9 Å². The van der Waals surface area contributed by atoms with Crippen molar-refractivity contribution in [3.8, 4) is 0 Å². The van der Waals surface area contributed by atoms with Crippen LogP contribution >= 0.6 is 23.4 Å². The highest BCUT2D eigenvalue weighted by molar-refractivity contribution is 8.00. The Kier molecular flexibility index (Phi) is 5.03. The molecule has 0 bridgehead atoms. The van der Waals surface area contributed by atoms with E-state index < -0.39 is 0 Å². The molecule has 0 aliphatic heterocycles. The minimum Gasteiger partial charge on any atom is -0.337 e. The Morgan fingerprint density at radius 2 is 2.10 bits per heavy atom. The first-order valence-electron chi connectivity index (χ1n) is 6.05. The Morgan fingerprint density at radius 1 is 1.40 bits per heavy atom. The van der Waals surface area contributed by atoms with Gasteiger partial charge in [0.15, 0.2) is 5.82 Å². The van der Waals surface area contributed by atoms with Gasteiger partial charge in [0, 0.05) is 17.0 Å². The van der Waals surface area contributed by atoms with E-state index in [1.54, 1.807) is 11.9 Å². The number of aromatic nitrogens is 3. The van der Waals surface area contributed by atoms with Gasteiger partial charge in [-0.15, -0.1) is 11.8 Å². The summed E-state index contributed by atoms with van der Waals surface area (Å²) in [5.41, 5.74) is 0. The molecule has 0 fully saturated rings. The third kappa shape index (κ3) is 4.25. The van der Waals surface area contributed by atoms with Crippen molar-refractivity contribution in [2.75, 3.05) is 12.8 Å². The molecule has 106 valence electrons. The Hall–Kier alpha value is -1.53. The molecule has 20 heavy (non-hydrogen) atoms. The first kappa shape index (κ1) is 14.9. The highest BCUT2D eigenvalue weighted by Gasteiger charge is 2.12. The molecule has 7 heteroatoms. The highest BCUT2D eigenvalue weighted by Crippen LogP contribution is 2.20. The number of rotatable bonds is 5. The number of aromatic amines is 1. The zero-order chi connectivity index (χ0) is 14.5. The Balaban J connectivity index is 1.83. The van der Waals surface area contributed by atoms with E-state index in [9.17, 15) is 4.79 Å². The zero-order valence-corrected chi connectivity index (χ0v) is 12.8. The smallest absolute Gasteiger partial charge is 0.233 e. The first-order valence-corrected chi connectivity index (χ1v) is 7.41. The average molecular weight is 311 g/mol. The van der Waals surface area contributed by atoms with E-state index in [-0.39, 0.29) is 5.91 Å². The fourth-order valence-electron chi connectivity index (χ4n) is 1.55. The molecule has 5 nitrogen and oxygen atoms in total. The number of nitrogens with one attached hydrogen (secondary N) is 1. The van der Waals surface area contributed by atoms with Crippen molar-refractivity contribution >= 4 is 29.3 Å². The number of thioether (sulfide) groups is 1. The Bertz CT molecular complexity index is 584. The van der Waals surface area contributed by atoms with E-state index in [1.165, 1.54) is 11.8 Å². The van der Waals surface area contributed by atoms with E-state index in [0.29, 0.717) is 23.1 Å². The zero-order valence-electron chi connectivity index (χ0n) is 11.3. The third-order valence-electron chi connectivity index (χ3n) is 2.62. The molecule has 0 saturated heterocycles. The van der Waals surface area contributed by atoms with Crippen LogP contribution in [0.3, 0.4) is 0 Å². The summed E-state index contributed by atoms with van der Waals surface area (Å²) in [5.74, 6) is 1.78. The molecule has 2 aromatic rings. The number of amides is 1. The van der Waals surface area contributed by atoms with Crippen molar-refractivity contribution in [1.29, 1.82) is 0 Å². The lowest BCUT2D eigenvalue weighted by Gasteiger charge is -2.14. The lowest BCUT2D eigenvalue weighted by molar-refractivity contribution is -0.127. The summed E-state index contributed by atoms with van der Waals surface area (Å²) in [6, 6.07) is 7.43. The van der Waals surface area contributed by atoms with Crippen LogP contribution in [0.25, 0.3) is 0 Å². The largest absolute Gasteiger partial charge is 0.337 e. The van der Waals surface area contributed by atoms with Crippen LogP contribution in [0.2, 0.25) is 5.02 Å². The predicted molar refractivity (Wildman–Crippen MR) is 79.8 cm³/mol. The van der Waals surface area contributed by atoms with Crippen LogP contribution in [0.5, 0.6) is 0 Å². The molecule has 0 aliphatic rings. The van der Waals surface area contributed by atoms with Crippen molar-refractivity contribution in [3.05, 3.63) is 40.9 Å². The summed E-state index contributed by atoms with van der Waals surface area (Å²) in [7, 11) is 1.75. The molecular weight excluding hydrogens is 296 g/mol. The van der Waals surface area contributed by atoms with Gasteiger partial charge >= 0.3 is 0 Å². The van der Waals surface area contributed by atoms with Gasteiger partial charge in [-0.3, -0.25) is 9.89 Å². The van der Waals surface area contributed by atoms with Gasteiger partial charge in [0.05, 0.1) is 12.3 Å². The van der Waals surface area contributed by atoms with Gasteiger partial charge < -0.3 is 4.90 Å². The van der Waals surface area contributed by atoms with Gasteiger partial charge in [-0.25, -0.2) is 4.98 Å². The van der Waals surface area contributed by atoms with Crippen LogP contribution in [0.1, 0.15) is 11.6 Å². The Labute approximate surface area is 126 Å². The maximum atomic E-state index is 12.0. The summed E-state index contributed by atoms with van der Waals surface area (Å²) in [5, 5.41) is 7.47. The van der Waals surface area contributed by atoms with E-state index in [0.717, 1.165) is 10.7 Å². The quantitative estimate of drug-likeness (QED) is 0.862. The normalized spacial score (nSPS) is 10.6. The van der Waals surface area contributed by atoms with Gasteiger partial charge in [-0.1, -0.05) is 11.6 Å². The van der Waals surface area contributed by atoms with Crippen molar-refractivity contribution in [2.45, 2.75) is 18.4 Å². The van der Waals surface area contributed by atoms with Gasteiger partial charge in [0.25, 0.3) is 0 Å². The maximum Gasteiger partial charge on any atom is 0.233 e. The van der Waals surface area contributed by atoms with Crippen LogP contribution in [0.15, 0.2) is 29.2 Å². The number of hydrogen-bond donors (Lipinski definition) is 1. The van der Waals surface area contributed by atoms with Crippen LogP contribution in [0, 0.1) is 6.92 Å². The number of carbonyl (C=O) groups is 1. The maximum absolute atomic E-state index is 12.0. The standard InChI is InChI=1S/C13H15ClN4OS/c1-9-15-12(17-16-9)7-18(2)13(19)8-20-11-5-3-10(14)4-6-11/h3-6H,7-8H2,1-2H3,(H,15,16,17). The van der Waals surface area contributed by atoms with Gasteiger partial charge in [-0.2, -0.15) is 5.10 Å². The second-order valence-corrected chi connectivity index (χ2v) is 5.81. The highest BCUT2D eigenvalue weighted by atomic mass is 35.5. The SMILES string of the molecule is Cc1nc(CN(C)C(=O)CSc2ccc(Cl)cc2)n[nH]1. The predicted octanol–water partition coefficient (Wildman–Crippen LogP) is 2.52. The number of H-pyrrole nitrogens is 1. The van der Waals surface area contributed by atoms with E-state index >= 15 is 0 Å². The first-order chi connectivity index (χ1) is 9.54. The molecule has 1 aromatic carbocycles. The molecule has 0 spiro atoms. The molecule has 1 aromatic heterocycles. The Morgan fingerprint density at radius 3 is 2.70 bits per heavy atom. The number of aryl methyl sites for hydroxylation is 1. The van der Waals surface area contributed by atoms with Crippen LogP contribution in [0.4, 0.5) is 0 Å². The number of benzene rings is 1. The average Bonchev–Trinajstić information content (AvgIpc) is 2.83. The second-order valence-electron chi connectivity index (χ2n) is 4.33. The monoisotopic (exact) mass is 310 g/mol. The van der Waals surface area contributed by atoms with E-state index in [1.807, 2.05) is 31.2 Å². The van der Waals surface area contributed by atoms with Crippen LogP contribution in [-0.2, 0) is 11.3 Å². The molecule has 1 amide bonds. The van der Waals surface area contributed by atoms with Crippen molar-refractivity contribution in [1.82, 2.24) is 20.1 Å². The fourth-order valence-corrected chi connectivity index (χ4v) is 2.51. The molecule has 0 atom stereocenters. The lowest BCUT2D eigenvalue weighted by atomic mass is 10.4. The second kappa shape index (κ2) is 6.76. The molecular formula is C13H15ClN4OS. The van der Waals surface area contributed by atoms with Crippen LogP contribution < -0.4 is 0 Å². The minimum absolute atomic E-state index is 0.0346. The molecule has 0 saturated carbocycles. The molecule has 0 aliphatic carbocycles. The van der Waals surface area contributed by atoms with Crippen molar-refractivity contribution in [2.24, 2.45) is 0 Å². The van der Waals surface area contributed by atoms with E-state index in [2.05, 4.69) is 15.2 Å². The summed E-state index contributed by atoms with van der Waals surface area (Å²) in [6.07, 6.45) is 0. The summed E-state index contributed by atoms with van der Waals surface area (Å²) < 4.78 is 0.